The maximum absolute atomic E-state index is 13.1. The van der Waals surface area contributed by atoms with Gasteiger partial charge in [0.1, 0.15) is 11.6 Å². The molecule has 5 heteroatoms. The van der Waals surface area contributed by atoms with Crippen LogP contribution in [0.3, 0.4) is 0 Å². The molecular weight excluding hydrogens is 353 g/mol. The van der Waals surface area contributed by atoms with Gasteiger partial charge < -0.3 is 5.32 Å². The lowest BCUT2D eigenvalue weighted by atomic mass is 9.99. The van der Waals surface area contributed by atoms with Crippen molar-refractivity contribution in [2.75, 3.05) is 5.32 Å². The molecule has 4 rings (SSSR count). The van der Waals surface area contributed by atoms with Gasteiger partial charge in [0, 0.05) is 30.4 Å². The van der Waals surface area contributed by atoms with Crippen LogP contribution in [0.4, 0.5) is 10.1 Å². The Morgan fingerprint density at radius 1 is 1.04 bits per heavy atom. The summed E-state index contributed by atoms with van der Waals surface area (Å²) in [5.74, 6) is 0.654. The summed E-state index contributed by atoms with van der Waals surface area (Å²) in [5, 5.41) is 2.91. The number of amides is 1. The van der Waals surface area contributed by atoms with Crippen molar-refractivity contribution in [2.45, 2.75) is 39.0 Å². The van der Waals surface area contributed by atoms with Crippen LogP contribution in [-0.4, -0.2) is 15.9 Å². The number of fused-ring (bicyclic) bond motifs is 1. The first-order chi connectivity index (χ1) is 13.6. The summed E-state index contributed by atoms with van der Waals surface area (Å²) in [6, 6.07) is 12.7. The van der Waals surface area contributed by atoms with Gasteiger partial charge in [0.05, 0.1) is 0 Å². The Morgan fingerprint density at radius 2 is 1.82 bits per heavy atom. The third-order valence-electron chi connectivity index (χ3n) is 5.12. The van der Waals surface area contributed by atoms with Gasteiger partial charge in [-0.05, 0) is 66.6 Å². The first-order valence-corrected chi connectivity index (χ1v) is 9.54. The van der Waals surface area contributed by atoms with E-state index in [2.05, 4.69) is 16.4 Å². The maximum atomic E-state index is 13.1. The van der Waals surface area contributed by atoms with Crippen molar-refractivity contribution in [2.24, 2.45) is 0 Å². The smallest absolute Gasteiger partial charge is 0.224 e. The number of halogens is 1. The van der Waals surface area contributed by atoms with E-state index in [0.29, 0.717) is 12.8 Å². The van der Waals surface area contributed by atoms with Gasteiger partial charge in [-0.1, -0.05) is 24.3 Å². The molecule has 0 saturated heterocycles. The molecule has 1 N–H and O–H groups in total. The SMILES string of the molecule is Cc1cnc(Cc2ccc3c(c2)CCC(=O)N3)nc1CCc1ccc(F)cc1. The van der Waals surface area contributed by atoms with Crippen LogP contribution in [0.2, 0.25) is 0 Å². The zero-order valence-electron chi connectivity index (χ0n) is 15.8. The molecule has 1 amide bonds. The molecule has 2 aromatic carbocycles. The largest absolute Gasteiger partial charge is 0.326 e. The molecule has 142 valence electrons. The van der Waals surface area contributed by atoms with Crippen LogP contribution in [0.1, 0.15) is 40.2 Å². The lowest BCUT2D eigenvalue weighted by Gasteiger charge is -2.17. The second-order valence-corrected chi connectivity index (χ2v) is 7.26. The van der Waals surface area contributed by atoms with Gasteiger partial charge in [-0.15, -0.1) is 0 Å². The van der Waals surface area contributed by atoms with Gasteiger partial charge in [-0.25, -0.2) is 14.4 Å². The van der Waals surface area contributed by atoms with E-state index in [-0.39, 0.29) is 11.7 Å². The molecule has 28 heavy (non-hydrogen) atoms. The van der Waals surface area contributed by atoms with Crippen molar-refractivity contribution in [1.82, 2.24) is 9.97 Å². The van der Waals surface area contributed by atoms with E-state index >= 15 is 0 Å². The molecule has 1 aromatic heterocycles. The minimum absolute atomic E-state index is 0.0768. The fourth-order valence-corrected chi connectivity index (χ4v) is 3.50. The first kappa shape index (κ1) is 18.3. The average Bonchev–Trinajstić information content (AvgIpc) is 2.70. The summed E-state index contributed by atoms with van der Waals surface area (Å²) < 4.78 is 13.1. The molecule has 3 aromatic rings. The van der Waals surface area contributed by atoms with Gasteiger partial charge in [0.25, 0.3) is 0 Å². The molecule has 0 radical (unpaired) electrons. The highest BCUT2D eigenvalue weighted by Crippen LogP contribution is 2.24. The Hall–Kier alpha value is -3.08. The van der Waals surface area contributed by atoms with Gasteiger partial charge in [-0.3, -0.25) is 4.79 Å². The molecule has 0 spiro atoms. The zero-order chi connectivity index (χ0) is 19.5. The van der Waals surface area contributed by atoms with E-state index in [1.807, 2.05) is 37.4 Å². The van der Waals surface area contributed by atoms with Crippen LogP contribution in [0.15, 0.2) is 48.7 Å². The van der Waals surface area contributed by atoms with Crippen LogP contribution < -0.4 is 5.32 Å². The third-order valence-corrected chi connectivity index (χ3v) is 5.12. The summed E-state index contributed by atoms with van der Waals surface area (Å²) >= 11 is 0. The van der Waals surface area contributed by atoms with E-state index in [4.69, 9.17) is 4.98 Å². The summed E-state index contributed by atoms with van der Waals surface area (Å²) in [4.78, 5) is 20.8. The highest BCUT2D eigenvalue weighted by Gasteiger charge is 2.15. The van der Waals surface area contributed by atoms with Gasteiger partial charge in [-0.2, -0.15) is 0 Å². The van der Waals surface area contributed by atoms with Crippen LogP contribution in [0, 0.1) is 12.7 Å². The molecule has 4 nitrogen and oxygen atoms in total. The molecule has 0 atom stereocenters. The highest BCUT2D eigenvalue weighted by atomic mass is 19.1. The number of carbonyl (C=O) groups excluding carboxylic acids is 1. The van der Waals surface area contributed by atoms with Crippen LogP contribution in [0.5, 0.6) is 0 Å². The third kappa shape index (κ3) is 4.25. The Balaban J connectivity index is 1.47. The number of carbonyl (C=O) groups is 1. The van der Waals surface area contributed by atoms with Crippen molar-refractivity contribution in [1.29, 1.82) is 0 Å². The van der Waals surface area contributed by atoms with Crippen molar-refractivity contribution in [3.63, 3.8) is 0 Å². The van der Waals surface area contributed by atoms with Gasteiger partial charge in [0.2, 0.25) is 5.91 Å². The number of hydrogen-bond acceptors (Lipinski definition) is 3. The summed E-state index contributed by atoms with van der Waals surface area (Å²) in [6.45, 7) is 2.02. The molecule has 1 aliphatic rings. The number of nitrogens with zero attached hydrogens (tertiary/aromatic N) is 2. The van der Waals surface area contributed by atoms with E-state index in [1.54, 1.807) is 0 Å². The quantitative estimate of drug-likeness (QED) is 0.728. The van der Waals surface area contributed by atoms with E-state index in [9.17, 15) is 9.18 Å². The van der Waals surface area contributed by atoms with Crippen molar-refractivity contribution < 1.29 is 9.18 Å². The number of aryl methyl sites for hydroxylation is 4. The molecule has 2 heterocycles. The fraction of sp³-hybridized carbons (Fsp3) is 0.261. The normalized spacial score (nSPS) is 13.1. The number of benzene rings is 2. The number of rotatable bonds is 5. The Labute approximate surface area is 163 Å². The fourth-order valence-electron chi connectivity index (χ4n) is 3.50. The van der Waals surface area contributed by atoms with Crippen LogP contribution in [0.25, 0.3) is 0 Å². The molecule has 0 unspecified atom stereocenters. The Bertz CT molecular complexity index is 1010. The van der Waals surface area contributed by atoms with Crippen molar-refractivity contribution >= 4 is 11.6 Å². The second-order valence-electron chi connectivity index (χ2n) is 7.26. The zero-order valence-corrected chi connectivity index (χ0v) is 15.8. The standard InChI is InChI=1S/C23H22FN3O/c1-15-14-25-22(26-20(15)9-4-16-2-7-19(24)8-3-16)13-17-5-10-21-18(12-17)6-11-23(28)27-21/h2-3,5,7-8,10,12,14H,4,6,9,11,13H2,1H3,(H,27,28). The number of anilines is 1. The number of nitrogens with one attached hydrogen (secondary N) is 1. The second kappa shape index (κ2) is 7.89. The number of aromatic nitrogens is 2. The monoisotopic (exact) mass is 375 g/mol. The Kier molecular flexibility index (Phi) is 5.15. The van der Waals surface area contributed by atoms with E-state index in [1.165, 1.54) is 17.7 Å². The predicted molar refractivity (Wildman–Crippen MR) is 107 cm³/mol. The van der Waals surface area contributed by atoms with Gasteiger partial charge >= 0.3 is 0 Å². The molecule has 0 saturated carbocycles. The Morgan fingerprint density at radius 3 is 2.64 bits per heavy atom. The molecule has 1 aliphatic heterocycles. The molecule has 0 aliphatic carbocycles. The number of hydrogen-bond donors (Lipinski definition) is 1. The van der Waals surface area contributed by atoms with E-state index < -0.39 is 0 Å². The van der Waals surface area contributed by atoms with Crippen molar-refractivity contribution in [3.8, 4) is 0 Å². The first-order valence-electron chi connectivity index (χ1n) is 9.54. The van der Waals surface area contributed by atoms with Crippen LogP contribution in [-0.2, 0) is 30.5 Å². The lowest BCUT2D eigenvalue weighted by molar-refractivity contribution is -0.116. The molecule has 0 fully saturated rings. The molecular formula is C23H22FN3O. The minimum Gasteiger partial charge on any atom is -0.326 e. The maximum Gasteiger partial charge on any atom is 0.224 e. The molecule has 0 bridgehead atoms. The van der Waals surface area contributed by atoms with Gasteiger partial charge in [0.15, 0.2) is 0 Å². The topological polar surface area (TPSA) is 54.9 Å². The van der Waals surface area contributed by atoms with E-state index in [0.717, 1.165) is 53.2 Å². The summed E-state index contributed by atoms with van der Waals surface area (Å²) in [7, 11) is 0. The highest BCUT2D eigenvalue weighted by molar-refractivity contribution is 5.93. The van der Waals surface area contributed by atoms with Crippen molar-refractivity contribution in [3.05, 3.63) is 88.3 Å². The summed E-state index contributed by atoms with van der Waals surface area (Å²) in [5.41, 5.74) is 6.41. The van der Waals surface area contributed by atoms with Crippen LogP contribution >= 0.6 is 0 Å². The predicted octanol–water partition coefficient (Wildman–Crippen LogP) is 4.18. The minimum atomic E-state index is -0.214. The lowest BCUT2D eigenvalue weighted by Crippen LogP contribution is -2.19. The average molecular weight is 375 g/mol. The summed E-state index contributed by atoms with van der Waals surface area (Å²) in [6.07, 6.45) is 5.45.